The Bertz CT molecular complexity index is 485. The standard InChI is InChI=1S/C11H12N4/c12-9-3-5-13-11(7-9)15-6-4-10(14-15)8-1-2-8/h3-8H,1-2H2,(H2,12,13). The number of rotatable bonds is 2. The molecule has 15 heavy (non-hydrogen) atoms. The van der Waals surface area contributed by atoms with Crippen LogP contribution in [0.15, 0.2) is 30.6 Å². The van der Waals surface area contributed by atoms with Crippen LogP contribution in [-0.4, -0.2) is 14.8 Å². The lowest BCUT2D eigenvalue weighted by atomic mass is 10.3. The molecular weight excluding hydrogens is 188 g/mol. The second-order valence-electron chi connectivity index (χ2n) is 3.91. The molecule has 2 heterocycles. The van der Waals surface area contributed by atoms with Crippen molar-refractivity contribution in [2.75, 3.05) is 5.73 Å². The van der Waals surface area contributed by atoms with Crippen molar-refractivity contribution in [1.29, 1.82) is 0 Å². The van der Waals surface area contributed by atoms with Crippen LogP contribution in [0, 0.1) is 0 Å². The molecule has 0 bridgehead atoms. The van der Waals surface area contributed by atoms with Crippen molar-refractivity contribution in [3.63, 3.8) is 0 Å². The minimum atomic E-state index is 0.673. The summed E-state index contributed by atoms with van der Waals surface area (Å²) in [6.45, 7) is 0. The molecule has 1 fully saturated rings. The SMILES string of the molecule is Nc1ccnc(-n2ccc(C3CC3)n2)c1. The van der Waals surface area contributed by atoms with Crippen molar-refractivity contribution in [3.05, 3.63) is 36.3 Å². The molecule has 0 spiro atoms. The Labute approximate surface area is 87.7 Å². The smallest absolute Gasteiger partial charge is 0.155 e. The zero-order chi connectivity index (χ0) is 10.3. The fourth-order valence-corrected chi connectivity index (χ4v) is 1.62. The van der Waals surface area contributed by atoms with Gasteiger partial charge >= 0.3 is 0 Å². The van der Waals surface area contributed by atoms with E-state index in [2.05, 4.69) is 16.1 Å². The summed E-state index contributed by atoms with van der Waals surface area (Å²) in [5.41, 5.74) is 7.57. The van der Waals surface area contributed by atoms with E-state index in [9.17, 15) is 0 Å². The summed E-state index contributed by atoms with van der Waals surface area (Å²) < 4.78 is 1.78. The van der Waals surface area contributed by atoms with Crippen LogP contribution < -0.4 is 5.73 Å². The summed E-state index contributed by atoms with van der Waals surface area (Å²) in [5.74, 6) is 1.45. The van der Waals surface area contributed by atoms with E-state index in [1.165, 1.54) is 18.5 Å². The lowest BCUT2D eigenvalue weighted by Crippen LogP contribution is -1.99. The van der Waals surface area contributed by atoms with Gasteiger partial charge in [0, 0.05) is 30.1 Å². The topological polar surface area (TPSA) is 56.7 Å². The molecule has 0 unspecified atom stereocenters. The van der Waals surface area contributed by atoms with Gasteiger partial charge in [-0.15, -0.1) is 0 Å². The summed E-state index contributed by atoms with van der Waals surface area (Å²) in [4.78, 5) is 4.22. The van der Waals surface area contributed by atoms with Gasteiger partial charge < -0.3 is 5.73 Å². The third kappa shape index (κ3) is 1.58. The first kappa shape index (κ1) is 8.47. The molecular formula is C11H12N4. The van der Waals surface area contributed by atoms with Crippen LogP contribution in [0.4, 0.5) is 5.69 Å². The van der Waals surface area contributed by atoms with Crippen molar-refractivity contribution in [2.45, 2.75) is 18.8 Å². The van der Waals surface area contributed by atoms with Gasteiger partial charge in [-0.05, 0) is 25.0 Å². The van der Waals surface area contributed by atoms with Gasteiger partial charge in [0.15, 0.2) is 5.82 Å². The van der Waals surface area contributed by atoms with Crippen LogP contribution in [0.1, 0.15) is 24.5 Å². The molecule has 4 heteroatoms. The minimum Gasteiger partial charge on any atom is -0.399 e. The van der Waals surface area contributed by atoms with Gasteiger partial charge in [0.25, 0.3) is 0 Å². The average Bonchev–Trinajstić information content (AvgIpc) is 2.97. The van der Waals surface area contributed by atoms with Crippen molar-refractivity contribution in [3.8, 4) is 5.82 Å². The summed E-state index contributed by atoms with van der Waals surface area (Å²) >= 11 is 0. The average molecular weight is 200 g/mol. The molecule has 2 aromatic heterocycles. The van der Waals surface area contributed by atoms with Gasteiger partial charge in [0.1, 0.15) is 0 Å². The molecule has 0 aliphatic heterocycles. The maximum absolute atomic E-state index is 5.69. The van der Waals surface area contributed by atoms with Crippen LogP contribution in [0.5, 0.6) is 0 Å². The van der Waals surface area contributed by atoms with E-state index in [1.54, 1.807) is 16.9 Å². The molecule has 2 aromatic rings. The molecule has 0 aromatic carbocycles. The lowest BCUT2D eigenvalue weighted by molar-refractivity contribution is 0.813. The molecule has 1 saturated carbocycles. The number of pyridine rings is 1. The monoisotopic (exact) mass is 200 g/mol. The fraction of sp³-hybridized carbons (Fsp3) is 0.273. The number of aromatic nitrogens is 3. The molecule has 2 N–H and O–H groups in total. The van der Waals surface area contributed by atoms with Crippen LogP contribution in [0.2, 0.25) is 0 Å². The number of nitrogens with two attached hydrogens (primary N) is 1. The van der Waals surface area contributed by atoms with E-state index in [1.807, 2.05) is 12.3 Å². The Morgan fingerprint density at radius 2 is 2.20 bits per heavy atom. The second-order valence-corrected chi connectivity index (χ2v) is 3.91. The number of anilines is 1. The van der Waals surface area contributed by atoms with Gasteiger partial charge in [-0.3, -0.25) is 0 Å². The van der Waals surface area contributed by atoms with Gasteiger partial charge in [-0.2, -0.15) is 5.10 Å². The largest absolute Gasteiger partial charge is 0.399 e. The Kier molecular flexibility index (Phi) is 1.74. The highest BCUT2D eigenvalue weighted by atomic mass is 15.3. The Hall–Kier alpha value is -1.84. The molecule has 3 rings (SSSR count). The van der Waals surface area contributed by atoms with Crippen LogP contribution in [0.3, 0.4) is 0 Å². The third-order valence-corrected chi connectivity index (χ3v) is 2.61. The summed E-state index contributed by atoms with van der Waals surface area (Å²) in [6, 6.07) is 5.65. The summed E-state index contributed by atoms with van der Waals surface area (Å²) in [7, 11) is 0. The highest BCUT2D eigenvalue weighted by molar-refractivity contribution is 5.42. The summed E-state index contributed by atoms with van der Waals surface area (Å²) in [5, 5.41) is 4.48. The first-order valence-corrected chi connectivity index (χ1v) is 5.10. The Balaban J connectivity index is 1.97. The van der Waals surface area contributed by atoms with Gasteiger partial charge in [-0.1, -0.05) is 0 Å². The van der Waals surface area contributed by atoms with Crippen LogP contribution in [-0.2, 0) is 0 Å². The van der Waals surface area contributed by atoms with E-state index in [0.29, 0.717) is 11.6 Å². The molecule has 1 aliphatic rings. The molecule has 0 atom stereocenters. The highest BCUT2D eigenvalue weighted by Gasteiger charge is 2.25. The van der Waals surface area contributed by atoms with E-state index >= 15 is 0 Å². The molecule has 0 radical (unpaired) electrons. The van der Waals surface area contributed by atoms with Gasteiger partial charge in [0.2, 0.25) is 0 Å². The predicted octanol–water partition coefficient (Wildman–Crippen LogP) is 1.73. The number of nitrogen functional groups attached to an aromatic ring is 1. The first-order chi connectivity index (χ1) is 7.33. The zero-order valence-electron chi connectivity index (χ0n) is 8.30. The predicted molar refractivity (Wildman–Crippen MR) is 57.7 cm³/mol. The van der Waals surface area contributed by atoms with Gasteiger partial charge in [-0.25, -0.2) is 9.67 Å². The fourth-order valence-electron chi connectivity index (χ4n) is 1.62. The van der Waals surface area contributed by atoms with Crippen LogP contribution >= 0.6 is 0 Å². The van der Waals surface area contributed by atoms with Crippen molar-refractivity contribution in [2.24, 2.45) is 0 Å². The van der Waals surface area contributed by atoms with E-state index in [4.69, 9.17) is 5.73 Å². The maximum Gasteiger partial charge on any atom is 0.155 e. The number of hydrogen-bond donors (Lipinski definition) is 1. The Morgan fingerprint density at radius 1 is 1.33 bits per heavy atom. The minimum absolute atomic E-state index is 0.673. The van der Waals surface area contributed by atoms with Gasteiger partial charge in [0.05, 0.1) is 5.69 Å². The molecule has 1 aliphatic carbocycles. The van der Waals surface area contributed by atoms with Crippen molar-refractivity contribution in [1.82, 2.24) is 14.8 Å². The maximum atomic E-state index is 5.69. The van der Waals surface area contributed by atoms with Crippen molar-refractivity contribution >= 4 is 5.69 Å². The molecule has 0 amide bonds. The first-order valence-electron chi connectivity index (χ1n) is 5.10. The lowest BCUT2D eigenvalue weighted by Gasteiger charge is -2.00. The highest BCUT2D eigenvalue weighted by Crippen LogP contribution is 2.38. The van der Waals surface area contributed by atoms with E-state index < -0.39 is 0 Å². The van der Waals surface area contributed by atoms with Crippen molar-refractivity contribution < 1.29 is 0 Å². The zero-order valence-corrected chi connectivity index (χ0v) is 8.30. The third-order valence-electron chi connectivity index (χ3n) is 2.61. The quantitative estimate of drug-likeness (QED) is 0.803. The molecule has 0 saturated heterocycles. The summed E-state index contributed by atoms with van der Waals surface area (Å²) in [6.07, 6.45) is 6.17. The second kappa shape index (κ2) is 3.08. The van der Waals surface area contributed by atoms with E-state index in [-0.39, 0.29) is 0 Å². The van der Waals surface area contributed by atoms with Crippen LogP contribution in [0.25, 0.3) is 5.82 Å². The molecule has 4 nitrogen and oxygen atoms in total. The number of hydrogen-bond acceptors (Lipinski definition) is 3. The Morgan fingerprint density at radius 3 is 2.93 bits per heavy atom. The number of nitrogens with zero attached hydrogens (tertiary/aromatic N) is 3. The van der Waals surface area contributed by atoms with E-state index in [0.717, 1.165) is 5.82 Å². The molecule has 76 valence electrons. The normalized spacial score (nSPS) is 15.5.